The number of nitrogens with zero attached hydrogens (tertiary/aromatic N) is 2. The Kier molecular flexibility index (Phi) is 2.13. The predicted octanol–water partition coefficient (Wildman–Crippen LogP) is 2.59. The fourth-order valence-electron chi connectivity index (χ4n) is 2.07. The van der Waals surface area contributed by atoms with Gasteiger partial charge in [-0.2, -0.15) is 0 Å². The van der Waals surface area contributed by atoms with Crippen LogP contribution < -0.4 is 5.73 Å². The van der Waals surface area contributed by atoms with Gasteiger partial charge in [-0.15, -0.1) is 0 Å². The molecule has 0 aliphatic heterocycles. The standard InChI is InChI=1S/C12H13N3O/c13-12-10(9-5-2-6-14-7-9)11(16-15-12)8-3-1-4-8/h2,5-8H,1,3-4H2,(H2,13,15). The second kappa shape index (κ2) is 3.63. The van der Waals surface area contributed by atoms with E-state index in [1.54, 1.807) is 12.4 Å². The van der Waals surface area contributed by atoms with Crippen LogP contribution in [-0.4, -0.2) is 10.1 Å². The smallest absolute Gasteiger partial charge is 0.175 e. The monoisotopic (exact) mass is 215 g/mol. The lowest BCUT2D eigenvalue weighted by atomic mass is 9.81. The molecule has 0 atom stereocenters. The molecule has 3 rings (SSSR count). The molecule has 0 radical (unpaired) electrons. The molecule has 4 heteroatoms. The first-order chi connectivity index (χ1) is 7.86. The van der Waals surface area contributed by atoms with E-state index in [1.165, 1.54) is 19.3 Å². The average molecular weight is 215 g/mol. The molecule has 1 aliphatic carbocycles. The molecule has 2 heterocycles. The summed E-state index contributed by atoms with van der Waals surface area (Å²) in [5, 5.41) is 3.87. The van der Waals surface area contributed by atoms with Gasteiger partial charge in [-0.3, -0.25) is 4.98 Å². The molecule has 2 aromatic heterocycles. The lowest BCUT2D eigenvalue weighted by Gasteiger charge is -2.23. The van der Waals surface area contributed by atoms with Crippen LogP contribution in [-0.2, 0) is 0 Å². The maximum Gasteiger partial charge on any atom is 0.175 e. The van der Waals surface area contributed by atoms with E-state index in [2.05, 4.69) is 10.1 Å². The fraction of sp³-hybridized carbons (Fsp3) is 0.333. The molecular formula is C12H13N3O. The minimum absolute atomic E-state index is 0.468. The summed E-state index contributed by atoms with van der Waals surface area (Å²) in [4.78, 5) is 4.10. The van der Waals surface area contributed by atoms with E-state index in [1.807, 2.05) is 12.1 Å². The highest BCUT2D eigenvalue weighted by molar-refractivity contribution is 5.75. The van der Waals surface area contributed by atoms with Crippen LogP contribution in [0.2, 0.25) is 0 Å². The van der Waals surface area contributed by atoms with Crippen molar-refractivity contribution < 1.29 is 4.52 Å². The van der Waals surface area contributed by atoms with E-state index < -0.39 is 0 Å². The molecule has 0 saturated heterocycles. The number of hydrogen-bond donors (Lipinski definition) is 1. The normalized spacial score (nSPS) is 16.0. The molecule has 0 amide bonds. The Labute approximate surface area is 93.5 Å². The Bertz CT molecular complexity index is 488. The summed E-state index contributed by atoms with van der Waals surface area (Å²) in [6.45, 7) is 0. The number of rotatable bonds is 2. The maximum atomic E-state index is 5.86. The molecule has 0 bridgehead atoms. The molecule has 1 aliphatic rings. The Morgan fingerprint density at radius 1 is 1.38 bits per heavy atom. The Morgan fingerprint density at radius 3 is 2.88 bits per heavy atom. The van der Waals surface area contributed by atoms with Gasteiger partial charge in [-0.25, -0.2) is 0 Å². The number of nitrogen functional groups attached to an aromatic ring is 1. The van der Waals surface area contributed by atoms with E-state index in [0.717, 1.165) is 16.9 Å². The van der Waals surface area contributed by atoms with E-state index in [4.69, 9.17) is 10.3 Å². The van der Waals surface area contributed by atoms with E-state index in [-0.39, 0.29) is 0 Å². The van der Waals surface area contributed by atoms with Gasteiger partial charge in [0.05, 0.1) is 5.56 Å². The van der Waals surface area contributed by atoms with Crippen LogP contribution in [0.5, 0.6) is 0 Å². The van der Waals surface area contributed by atoms with Crippen LogP contribution in [0.3, 0.4) is 0 Å². The summed E-state index contributed by atoms with van der Waals surface area (Å²) in [6, 6.07) is 3.88. The molecule has 82 valence electrons. The van der Waals surface area contributed by atoms with Gasteiger partial charge in [-0.1, -0.05) is 17.6 Å². The van der Waals surface area contributed by atoms with Crippen molar-refractivity contribution in [2.45, 2.75) is 25.2 Å². The Balaban J connectivity index is 2.08. The maximum absolute atomic E-state index is 5.86. The van der Waals surface area contributed by atoms with Crippen molar-refractivity contribution in [1.82, 2.24) is 10.1 Å². The molecule has 2 aromatic rings. The van der Waals surface area contributed by atoms with Crippen molar-refractivity contribution >= 4 is 5.82 Å². The summed E-state index contributed by atoms with van der Waals surface area (Å²) in [6.07, 6.45) is 7.14. The van der Waals surface area contributed by atoms with Crippen molar-refractivity contribution in [2.24, 2.45) is 0 Å². The SMILES string of the molecule is Nc1noc(C2CCC2)c1-c1cccnc1. The van der Waals surface area contributed by atoms with E-state index in [0.29, 0.717) is 11.7 Å². The topological polar surface area (TPSA) is 64.9 Å². The summed E-state index contributed by atoms with van der Waals surface area (Å²) >= 11 is 0. The first-order valence-corrected chi connectivity index (χ1v) is 5.51. The highest BCUT2D eigenvalue weighted by Gasteiger charge is 2.28. The van der Waals surface area contributed by atoms with Gasteiger partial charge in [0.2, 0.25) is 0 Å². The summed E-state index contributed by atoms with van der Waals surface area (Å²) in [7, 11) is 0. The molecule has 1 fully saturated rings. The predicted molar refractivity (Wildman–Crippen MR) is 60.7 cm³/mol. The van der Waals surface area contributed by atoms with Gasteiger partial charge in [0.15, 0.2) is 5.82 Å². The van der Waals surface area contributed by atoms with Crippen molar-refractivity contribution in [3.63, 3.8) is 0 Å². The summed E-state index contributed by atoms with van der Waals surface area (Å²) in [5.41, 5.74) is 7.77. The average Bonchev–Trinajstić information content (AvgIpc) is 2.59. The van der Waals surface area contributed by atoms with Gasteiger partial charge >= 0.3 is 0 Å². The Morgan fingerprint density at radius 2 is 2.25 bits per heavy atom. The molecule has 0 spiro atoms. The van der Waals surface area contributed by atoms with Gasteiger partial charge in [0, 0.05) is 23.9 Å². The highest BCUT2D eigenvalue weighted by Crippen LogP contribution is 2.43. The molecule has 16 heavy (non-hydrogen) atoms. The zero-order valence-electron chi connectivity index (χ0n) is 8.89. The van der Waals surface area contributed by atoms with E-state index in [9.17, 15) is 0 Å². The summed E-state index contributed by atoms with van der Waals surface area (Å²) < 4.78 is 5.35. The quantitative estimate of drug-likeness (QED) is 0.836. The van der Waals surface area contributed by atoms with Crippen LogP contribution in [0.1, 0.15) is 30.9 Å². The number of anilines is 1. The minimum Gasteiger partial charge on any atom is -0.380 e. The first-order valence-electron chi connectivity index (χ1n) is 5.51. The zero-order chi connectivity index (χ0) is 11.0. The van der Waals surface area contributed by atoms with Crippen molar-refractivity contribution in [3.8, 4) is 11.1 Å². The lowest BCUT2D eigenvalue weighted by molar-refractivity contribution is 0.302. The largest absolute Gasteiger partial charge is 0.380 e. The van der Waals surface area contributed by atoms with Crippen LogP contribution in [0.4, 0.5) is 5.82 Å². The number of pyridine rings is 1. The second-order valence-electron chi connectivity index (χ2n) is 4.18. The van der Waals surface area contributed by atoms with Gasteiger partial charge in [-0.05, 0) is 18.9 Å². The third-order valence-electron chi connectivity index (χ3n) is 3.17. The minimum atomic E-state index is 0.468. The molecule has 4 nitrogen and oxygen atoms in total. The summed E-state index contributed by atoms with van der Waals surface area (Å²) in [5.74, 6) is 1.88. The van der Waals surface area contributed by atoms with Crippen LogP contribution in [0.25, 0.3) is 11.1 Å². The first kappa shape index (κ1) is 9.39. The van der Waals surface area contributed by atoms with Gasteiger partial charge in [0.1, 0.15) is 5.76 Å². The third-order valence-corrected chi connectivity index (χ3v) is 3.17. The van der Waals surface area contributed by atoms with Crippen LogP contribution >= 0.6 is 0 Å². The Hall–Kier alpha value is -1.84. The molecule has 1 saturated carbocycles. The number of nitrogens with two attached hydrogens (primary N) is 1. The highest BCUT2D eigenvalue weighted by atomic mass is 16.5. The van der Waals surface area contributed by atoms with Crippen molar-refractivity contribution in [2.75, 3.05) is 5.73 Å². The third kappa shape index (κ3) is 1.38. The number of aromatic nitrogens is 2. The lowest BCUT2D eigenvalue weighted by Crippen LogP contribution is -2.08. The van der Waals surface area contributed by atoms with Gasteiger partial charge in [0.25, 0.3) is 0 Å². The van der Waals surface area contributed by atoms with Crippen LogP contribution in [0, 0.1) is 0 Å². The van der Waals surface area contributed by atoms with Crippen LogP contribution in [0.15, 0.2) is 29.0 Å². The zero-order valence-corrected chi connectivity index (χ0v) is 8.89. The molecular weight excluding hydrogens is 202 g/mol. The molecule has 2 N–H and O–H groups in total. The van der Waals surface area contributed by atoms with E-state index >= 15 is 0 Å². The second-order valence-corrected chi connectivity index (χ2v) is 4.18. The van der Waals surface area contributed by atoms with Gasteiger partial charge < -0.3 is 10.3 Å². The molecule has 0 aromatic carbocycles. The number of hydrogen-bond acceptors (Lipinski definition) is 4. The van der Waals surface area contributed by atoms with Crippen molar-refractivity contribution in [1.29, 1.82) is 0 Å². The fourth-order valence-corrected chi connectivity index (χ4v) is 2.07. The van der Waals surface area contributed by atoms with Crippen molar-refractivity contribution in [3.05, 3.63) is 30.3 Å². The molecule has 0 unspecified atom stereocenters.